The Morgan fingerprint density at radius 1 is 1.04 bits per heavy atom. The molecular weight excluding hydrogens is 290 g/mol. The second-order valence-corrected chi connectivity index (χ2v) is 7.07. The van der Waals surface area contributed by atoms with Crippen molar-refractivity contribution in [3.63, 3.8) is 0 Å². The number of nitrogens with two attached hydrogens (primary N) is 1. The number of amides is 2. The molecule has 2 amide bonds. The van der Waals surface area contributed by atoms with E-state index in [4.69, 9.17) is 5.73 Å². The van der Waals surface area contributed by atoms with Crippen molar-refractivity contribution in [3.05, 3.63) is 35.9 Å². The molecule has 23 heavy (non-hydrogen) atoms. The second kappa shape index (κ2) is 5.64. The standard InChI is InChI=1S/C18H23N3O2/c19-17(22)14-10-20-8-9-21(18(23)13-6-7-13)11-15(20)16(14)12-4-2-1-3-5-12/h1-5,13-16H,6-11H2,(H2,19,22)/t14-,15-,16+/m1/s1. The van der Waals surface area contributed by atoms with E-state index in [-0.39, 0.29) is 29.7 Å². The highest BCUT2D eigenvalue weighted by molar-refractivity contribution is 5.81. The van der Waals surface area contributed by atoms with Gasteiger partial charge in [0.2, 0.25) is 11.8 Å². The van der Waals surface area contributed by atoms with E-state index in [9.17, 15) is 9.59 Å². The highest BCUT2D eigenvalue weighted by atomic mass is 16.2. The first kappa shape index (κ1) is 14.7. The summed E-state index contributed by atoms with van der Waals surface area (Å²) in [4.78, 5) is 28.8. The summed E-state index contributed by atoms with van der Waals surface area (Å²) in [7, 11) is 0. The Labute approximate surface area is 136 Å². The van der Waals surface area contributed by atoms with Gasteiger partial charge in [-0.15, -0.1) is 0 Å². The Kier molecular flexibility index (Phi) is 3.60. The molecule has 1 aliphatic carbocycles. The molecule has 3 atom stereocenters. The Morgan fingerprint density at radius 3 is 2.43 bits per heavy atom. The van der Waals surface area contributed by atoms with Crippen LogP contribution in [-0.2, 0) is 9.59 Å². The second-order valence-electron chi connectivity index (χ2n) is 7.07. The number of benzene rings is 1. The van der Waals surface area contributed by atoms with Gasteiger partial charge in [0.05, 0.1) is 5.92 Å². The van der Waals surface area contributed by atoms with E-state index in [0.717, 1.165) is 38.0 Å². The molecule has 2 N–H and O–H groups in total. The van der Waals surface area contributed by atoms with Crippen molar-refractivity contribution in [3.8, 4) is 0 Å². The van der Waals surface area contributed by atoms with Gasteiger partial charge in [0, 0.05) is 44.1 Å². The maximum absolute atomic E-state index is 12.4. The molecule has 1 aromatic carbocycles. The molecule has 5 heteroatoms. The Morgan fingerprint density at radius 2 is 1.78 bits per heavy atom. The summed E-state index contributed by atoms with van der Waals surface area (Å²) >= 11 is 0. The number of carbonyl (C=O) groups is 2. The molecule has 1 saturated carbocycles. The van der Waals surface area contributed by atoms with Gasteiger partial charge in [-0.3, -0.25) is 14.5 Å². The van der Waals surface area contributed by atoms with Gasteiger partial charge in [0.1, 0.15) is 0 Å². The first-order chi connectivity index (χ1) is 11.1. The topological polar surface area (TPSA) is 66.6 Å². The fraction of sp³-hybridized carbons (Fsp3) is 0.556. The lowest BCUT2D eigenvalue weighted by molar-refractivity contribution is -0.135. The minimum atomic E-state index is -0.228. The van der Waals surface area contributed by atoms with Gasteiger partial charge in [-0.2, -0.15) is 0 Å². The van der Waals surface area contributed by atoms with Crippen LogP contribution >= 0.6 is 0 Å². The molecule has 5 nitrogen and oxygen atoms in total. The van der Waals surface area contributed by atoms with Gasteiger partial charge in [-0.1, -0.05) is 30.3 Å². The number of nitrogens with zero attached hydrogens (tertiary/aromatic N) is 2. The van der Waals surface area contributed by atoms with E-state index < -0.39 is 0 Å². The SMILES string of the molecule is NC(=O)[C@@H]1CN2CCN(C(=O)C3CC3)C[C@@H]2[C@H]1c1ccccc1. The molecule has 1 aromatic rings. The molecule has 0 aromatic heterocycles. The van der Waals surface area contributed by atoms with Crippen LogP contribution in [0.1, 0.15) is 24.3 Å². The van der Waals surface area contributed by atoms with Gasteiger partial charge in [0.15, 0.2) is 0 Å². The van der Waals surface area contributed by atoms with Crippen LogP contribution < -0.4 is 5.73 Å². The van der Waals surface area contributed by atoms with E-state index in [1.165, 1.54) is 0 Å². The summed E-state index contributed by atoms with van der Waals surface area (Å²) in [6, 6.07) is 10.3. The Bertz CT molecular complexity index is 614. The predicted octanol–water partition coefficient (Wildman–Crippen LogP) is 0.808. The van der Waals surface area contributed by atoms with E-state index in [2.05, 4.69) is 17.0 Å². The molecule has 2 aliphatic heterocycles. The Balaban J connectivity index is 1.61. The van der Waals surface area contributed by atoms with Gasteiger partial charge in [0.25, 0.3) is 0 Å². The van der Waals surface area contributed by atoms with Gasteiger partial charge in [-0.05, 0) is 18.4 Å². The minimum Gasteiger partial charge on any atom is -0.369 e. The van der Waals surface area contributed by atoms with Crippen molar-refractivity contribution in [1.82, 2.24) is 9.80 Å². The van der Waals surface area contributed by atoms with E-state index in [0.29, 0.717) is 12.5 Å². The average Bonchev–Trinajstić information content (AvgIpc) is 3.34. The van der Waals surface area contributed by atoms with Crippen molar-refractivity contribution in [2.75, 3.05) is 26.2 Å². The van der Waals surface area contributed by atoms with Crippen LogP contribution in [0.2, 0.25) is 0 Å². The highest BCUT2D eigenvalue weighted by Crippen LogP contribution is 2.40. The summed E-state index contributed by atoms with van der Waals surface area (Å²) < 4.78 is 0. The molecule has 4 rings (SSSR count). The van der Waals surface area contributed by atoms with Crippen molar-refractivity contribution in [2.24, 2.45) is 17.6 Å². The summed E-state index contributed by atoms with van der Waals surface area (Å²) in [5, 5.41) is 0. The largest absolute Gasteiger partial charge is 0.369 e. The first-order valence-electron chi connectivity index (χ1n) is 8.52. The lowest BCUT2D eigenvalue weighted by Gasteiger charge is -2.39. The minimum absolute atomic E-state index is 0.0866. The van der Waals surface area contributed by atoms with Crippen molar-refractivity contribution >= 4 is 11.8 Å². The zero-order valence-electron chi connectivity index (χ0n) is 13.2. The summed E-state index contributed by atoms with van der Waals surface area (Å²) in [6.45, 7) is 3.05. The molecule has 0 spiro atoms. The number of primary amides is 1. The molecule has 0 radical (unpaired) electrons. The van der Waals surface area contributed by atoms with Crippen molar-refractivity contribution in [1.29, 1.82) is 0 Å². The van der Waals surface area contributed by atoms with Crippen molar-refractivity contribution < 1.29 is 9.59 Å². The average molecular weight is 313 g/mol. The molecule has 2 heterocycles. The normalized spacial score (nSPS) is 31.0. The van der Waals surface area contributed by atoms with Crippen LogP contribution in [0.3, 0.4) is 0 Å². The molecule has 2 saturated heterocycles. The lowest BCUT2D eigenvalue weighted by atomic mass is 9.83. The molecular formula is C18H23N3O2. The zero-order chi connectivity index (χ0) is 16.0. The van der Waals surface area contributed by atoms with Gasteiger partial charge < -0.3 is 10.6 Å². The third-order valence-electron chi connectivity index (χ3n) is 5.60. The van der Waals surface area contributed by atoms with Crippen LogP contribution in [0.4, 0.5) is 0 Å². The van der Waals surface area contributed by atoms with E-state index in [1.807, 2.05) is 23.1 Å². The van der Waals surface area contributed by atoms with Crippen LogP contribution in [0.5, 0.6) is 0 Å². The summed E-state index contributed by atoms with van der Waals surface area (Å²) in [5.74, 6) is 0.249. The summed E-state index contributed by atoms with van der Waals surface area (Å²) in [6.07, 6.45) is 2.07. The quantitative estimate of drug-likeness (QED) is 0.898. The molecule has 0 unspecified atom stereocenters. The third kappa shape index (κ3) is 2.63. The fourth-order valence-corrected chi connectivity index (χ4v) is 4.23. The van der Waals surface area contributed by atoms with Gasteiger partial charge >= 0.3 is 0 Å². The third-order valence-corrected chi connectivity index (χ3v) is 5.60. The van der Waals surface area contributed by atoms with E-state index in [1.54, 1.807) is 0 Å². The van der Waals surface area contributed by atoms with Crippen LogP contribution in [0.25, 0.3) is 0 Å². The van der Waals surface area contributed by atoms with Crippen molar-refractivity contribution in [2.45, 2.75) is 24.8 Å². The predicted molar refractivity (Wildman–Crippen MR) is 86.5 cm³/mol. The maximum atomic E-state index is 12.4. The zero-order valence-corrected chi connectivity index (χ0v) is 13.2. The molecule has 3 fully saturated rings. The van der Waals surface area contributed by atoms with Crippen LogP contribution in [-0.4, -0.2) is 53.8 Å². The van der Waals surface area contributed by atoms with E-state index >= 15 is 0 Å². The Hall–Kier alpha value is -1.88. The van der Waals surface area contributed by atoms with Gasteiger partial charge in [-0.25, -0.2) is 0 Å². The van der Waals surface area contributed by atoms with Crippen LogP contribution in [0, 0.1) is 11.8 Å². The summed E-state index contributed by atoms with van der Waals surface area (Å²) in [5.41, 5.74) is 6.84. The number of hydrogen-bond acceptors (Lipinski definition) is 3. The first-order valence-corrected chi connectivity index (χ1v) is 8.52. The smallest absolute Gasteiger partial charge is 0.225 e. The van der Waals surface area contributed by atoms with Crippen LogP contribution in [0.15, 0.2) is 30.3 Å². The maximum Gasteiger partial charge on any atom is 0.225 e. The molecule has 3 aliphatic rings. The lowest BCUT2D eigenvalue weighted by Crippen LogP contribution is -2.53. The fourth-order valence-electron chi connectivity index (χ4n) is 4.23. The number of fused-ring (bicyclic) bond motifs is 1. The molecule has 122 valence electrons. The number of hydrogen-bond donors (Lipinski definition) is 1. The number of rotatable bonds is 3. The monoisotopic (exact) mass is 313 g/mol. The number of carbonyl (C=O) groups excluding carboxylic acids is 2. The highest BCUT2D eigenvalue weighted by Gasteiger charge is 2.48. The molecule has 0 bridgehead atoms. The number of piperazine rings is 1.